The molecule has 1 atom stereocenters. The average Bonchev–Trinajstić information content (AvgIpc) is 2.21. The second kappa shape index (κ2) is 7.80. The summed E-state index contributed by atoms with van der Waals surface area (Å²) in [5, 5.41) is 0. The van der Waals surface area contributed by atoms with Gasteiger partial charge in [-0.2, -0.15) is 0 Å². The minimum absolute atomic E-state index is 0.0624. The van der Waals surface area contributed by atoms with Gasteiger partial charge in [-0.15, -0.1) is 0 Å². The Morgan fingerprint density at radius 1 is 1.12 bits per heavy atom. The van der Waals surface area contributed by atoms with Crippen molar-refractivity contribution < 1.29 is 4.79 Å². The number of rotatable bonds is 8. The van der Waals surface area contributed by atoms with Gasteiger partial charge in [0.25, 0.3) is 0 Å². The van der Waals surface area contributed by atoms with Crippen molar-refractivity contribution in [2.24, 2.45) is 5.92 Å². The summed E-state index contributed by atoms with van der Waals surface area (Å²) in [6, 6.07) is 0.0624. The van der Waals surface area contributed by atoms with E-state index in [1.165, 1.54) is 0 Å². The van der Waals surface area contributed by atoms with E-state index in [-0.39, 0.29) is 6.04 Å². The Morgan fingerprint density at radius 2 is 1.69 bits per heavy atom. The van der Waals surface area contributed by atoms with Crippen LogP contribution < -0.4 is 0 Å². The van der Waals surface area contributed by atoms with Crippen LogP contribution >= 0.6 is 0 Å². The number of nitrogens with zero attached hydrogens (tertiary/aromatic N) is 2. The Bertz CT molecular complexity index is 202. The van der Waals surface area contributed by atoms with Crippen LogP contribution in [0.15, 0.2) is 0 Å². The third-order valence-corrected chi connectivity index (χ3v) is 2.80. The first-order valence-corrected chi connectivity index (χ1v) is 6.30. The molecule has 0 aromatic carbocycles. The molecule has 0 aromatic rings. The van der Waals surface area contributed by atoms with E-state index in [0.717, 1.165) is 19.6 Å². The minimum atomic E-state index is 0.0624. The van der Waals surface area contributed by atoms with Crippen LogP contribution in [0.5, 0.6) is 0 Å². The molecule has 0 saturated carbocycles. The largest absolute Gasteiger partial charge is 0.308 e. The molecule has 1 unspecified atom stereocenters. The maximum Gasteiger partial charge on any atom is 0.149 e. The van der Waals surface area contributed by atoms with Crippen LogP contribution in [0.2, 0.25) is 0 Å². The molecule has 0 amide bonds. The van der Waals surface area contributed by atoms with Gasteiger partial charge in [-0.1, -0.05) is 20.8 Å². The van der Waals surface area contributed by atoms with E-state index in [1.807, 2.05) is 13.8 Å². The number of ketones is 1. The van der Waals surface area contributed by atoms with E-state index in [9.17, 15) is 4.79 Å². The fourth-order valence-corrected chi connectivity index (χ4v) is 1.74. The van der Waals surface area contributed by atoms with Crippen LogP contribution in [0.1, 0.15) is 34.1 Å². The first-order chi connectivity index (χ1) is 7.38. The quantitative estimate of drug-likeness (QED) is 0.634. The number of carbonyl (C=O) groups excluding carboxylic acids is 1. The highest BCUT2D eigenvalue weighted by Gasteiger charge is 2.20. The molecular formula is C13H28N2O. The summed E-state index contributed by atoms with van der Waals surface area (Å²) in [4.78, 5) is 16.2. The molecule has 0 aliphatic rings. The van der Waals surface area contributed by atoms with Crippen LogP contribution in [-0.4, -0.2) is 55.4 Å². The van der Waals surface area contributed by atoms with Gasteiger partial charge < -0.3 is 4.90 Å². The minimum Gasteiger partial charge on any atom is -0.308 e. The molecule has 0 aromatic heterocycles. The molecule has 0 saturated heterocycles. The molecule has 96 valence electrons. The Hall–Kier alpha value is -0.410. The van der Waals surface area contributed by atoms with Crippen molar-refractivity contribution >= 4 is 5.78 Å². The van der Waals surface area contributed by atoms with E-state index >= 15 is 0 Å². The molecule has 0 bridgehead atoms. The molecule has 0 spiro atoms. The first kappa shape index (κ1) is 15.6. The van der Waals surface area contributed by atoms with Crippen molar-refractivity contribution in [3.8, 4) is 0 Å². The Kier molecular flexibility index (Phi) is 7.60. The van der Waals surface area contributed by atoms with Crippen molar-refractivity contribution in [2.75, 3.05) is 33.7 Å². The van der Waals surface area contributed by atoms with Crippen LogP contribution in [0.3, 0.4) is 0 Å². The van der Waals surface area contributed by atoms with Gasteiger partial charge in [0.1, 0.15) is 5.78 Å². The monoisotopic (exact) mass is 228 g/mol. The molecule has 16 heavy (non-hydrogen) atoms. The third kappa shape index (κ3) is 6.23. The normalized spacial score (nSPS) is 13.8. The molecular weight excluding hydrogens is 200 g/mol. The van der Waals surface area contributed by atoms with Crippen molar-refractivity contribution in [2.45, 2.75) is 40.2 Å². The van der Waals surface area contributed by atoms with E-state index < -0.39 is 0 Å². The summed E-state index contributed by atoms with van der Waals surface area (Å²) in [5.41, 5.74) is 0. The second-order valence-electron chi connectivity index (χ2n) is 5.19. The van der Waals surface area contributed by atoms with Gasteiger partial charge in [-0.3, -0.25) is 9.69 Å². The Balaban J connectivity index is 4.34. The molecule has 0 fully saturated rings. The van der Waals surface area contributed by atoms with Gasteiger partial charge in [-0.25, -0.2) is 0 Å². The summed E-state index contributed by atoms with van der Waals surface area (Å²) >= 11 is 0. The van der Waals surface area contributed by atoms with E-state index in [1.54, 1.807) is 0 Å². The van der Waals surface area contributed by atoms with Crippen molar-refractivity contribution in [1.82, 2.24) is 9.80 Å². The summed E-state index contributed by atoms with van der Waals surface area (Å²) in [5.74, 6) is 0.952. The summed E-state index contributed by atoms with van der Waals surface area (Å²) < 4.78 is 0. The summed E-state index contributed by atoms with van der Waals surface area (Å²) in [7, 11) is 4.14. The van der Waals surface area contributed by atoms with Crippen LogP contribution in [0.4, 0.5) is 0 Å². The molecule has 0 rings (SSSR count). The topological polar surface area (TPSA) is 23.6 Å². The molecule has 0 N–H and O–H groups in total. The van der Waals surface area contributed by atoms with Gasteiger partial charge in [0, 0.05) is 26.1 Å². The number of carbonyl (C=O) groups is 1. The number of likely N-dealkylation sites (N-methyl/N-ethyl adjacent to an activating group) is 1. The maximum absolute atomic E-state index is 11.7. The first-order valence-electron chi connectivity index (χ1n) is 6.30. The zero-order valence-electron chi connectivity index (χ0n) is 11.8. The number of hydrogen-bond donors (Lipinski definition) is 0. The van der Waals surface area contributed by atoms with Crippen molar-refractivity contribution in [1.29, 1.82) is 0 Å². The number of Topliss-reactive ketones (excluding diaryl/α,β-unsaturated/α-hetero) is 1. The van der Waals surface area contributed by atoms with Gasteiger partial charge in [-0.05, 0) is 26.9 Å². The molecule has 0 aliphatic heterocycles. The highest BCUT2D eigenvalue weighted by Crippen LogP contribution is 2.07. The number of hydrogen-bond acceptors (Lipinski definition) is 3. The summed E-state index contributed by atoms with van der Waals surface area (Å²) in [6.45, 7) is 11.4. The van der Waals surface area contributed by atoms with E-state index in [4.69, 9.17) is 0 Å². The maximum atomic E-state index is 11.7. The SMILES string of the molecule is CCC(=O)C(C)N(CCN(C)C)CC(C)C. The standard InChI is InChI=1S/C13H28N2O/c1-7-13(16)12(4)15(10-11(2)3)9-8-14(5)6/h11-12H,7-10H2,1-6H3. The lowest BCUT2D eigenvalue weighted by Crippen LogP contribution is -2.44. The molecule has 0 radical (unpaired) electrons. The van der Waals surface area contributed by atoms with Gasteiger partial charge in [0.05, 0.1) is 6.04 Å². The lowest BCUT2D eigenvalue weighted by atomic mass is 10.1. The highest BCUT2D eigenvalue weighted by molar-refractivity contribution is 5.83. The van der Waals surface area contributed by atoms with Crippen LogP contribution in [-0.2, 0) is 4.79 Å². The zero-order chi connectivity index (χ0) is 12.7. The highest BCUT2D eigenvalue weighted by atomic mass is 16.1. The fourth-order valence-electron chi connectivity index (χ4n) is 1.74. The third-order valence-electron chi connectivity index (χ3n) is 2.80. The average molecular weight is 228 g/mol. The Labute approximate surface area is 101 Å². The summed E-state index contributed by atoms with van der Waals surface area (Å²) in [6.07, 6.45) is 0.637. The molecule has 0 aliphatic carbocycles. The second-order valence-corrected chi connectivity index (χ2v) is 5.19. The van der Waals surface area contributed by atoms with Gasteiger partial charge >= 0.3 is 0 Å². The Morgan fingerprint density at radius 3 is 2.06 bits per heavy atom. The van der Waals surface area contributed by atoms with E-state index in [2.05, 4.69) is 37.7 Å². The van der Waals surface area contributed by atoms with Gasteiger partial charge in [0.2, 0.25) is 0 Å². The predicted molar refractivity (Wildman–Crippen MR) is 69.7 cm³/mol. The molecule has 3 heteroatoms. The van der Waals surface area contributed by atoms with E-state index in [0.29, 0.717) is 18.1 Å². The van der Waals surface area contributed by atoms with Crippen molar-refractivity contribution in [3.63, 3.8) is 0 Å². The van der Waals surface area contributed by atoms with Gasteiger partial charge in [0.15, 0.2) is 0 Å². The lowest BCUT2D eigenvalue weighted by Gasteiger charge is -2.30. The fraction of sp³-hybridized carbons (Fsp3) is 0.923. The van der Waals surface area contributed by atoms with Crippen molar-refractivity contribution in [3.05, 3.63) is 0 Å². The molecule has 0 heterocycles. The zero-order valence-corrected chi connectivity index (χ0v) is 11.8. The lowest BCUT2D eigenvalue weighted by molar-refractivity contribution is -0.123. The van der Waals surface area contributed by atoms with Crippen LogP contribution in [0.25, 0.3) is 0 Å². The molecule has 3 nitrogen and oxygen atoms in total. The smallest absolute Gasteiger partial charge is 0.149 e. The van der Waals surface area contributed by atoms with Crippen LogP contribution in [0, 0.1) is 5.92 Å². The predicted octanol–water partition coefficient (Wildman–Crippen LogP) is 1.87.